The molecule has 8 heteroatoms. The molecule has 0 radical (unpaired) electrons. The van der Waals surface area contributed by atoms with E-state index < -0.39 is 4.92 Å². The molecule has 0 spiro atoms. The molecule has 0 saturated carbocycles. The van der Waals surface area contributed by atoms with Crippen molar-refractivity contribution in [2.45, 2.75) is 19.8 Å². The van der Waals surface area contributed by atoms with Crippen molar-refractivity contribution in [3.8, 4) is 0 Å². The van der Waals surface area contributed by atoms with Crippen LogP contribution < -0.4 is 0 Å². The van der Waals surface area contributed by atoms with Crippen LogP contribution in [-0.2, 0) is 0 Å². The van der Waals surface area contributed by atoms with E-state index in [9.17, 15) is 10.1 Å². The number of nitro groups is 1. The molecule has 3 aromatic rings. The first kappa shape index (κ1) is 13.2. The maximum Gasteiger partial charge on any atom is 0.270 e. The molecule has 0 amide bonds. The molecule has 1 atom stereocenters. The molecule has 2 heterocycles. The molecule has 0 fully saturated rings. The predicted octanol–water partition coefficient (Wildman–Crippen LogP) is 2.38. The lowest BCUT2D eigenvalue weighted by molar-refractivity contribution is -0.384. The highest BCUT2D eigenvalue weighted by Crippen LogP contribution is 2.31. The first-order chi connectivity index (χ1) is 10.1. The molecule has 0 saturated heterocycles. The van der Waals surface area contributed by atoms with E-state index in [0.717, 1.165) is 16.6 Å². The Balaban J connectivity index is 2.08. The Morgan fingerprint density at radius 1 is 1.29 bits per heavy atom. The first-order valence-electron chi connectivity index (χ1n) is 6.56. The van der Waals surface area contributed by atoms with E-state index in [4.69, 9.17) is 0 Å². The maximum atomic E-state index is 10.8. The van der Waals surface area contributed by atoms with Gasteiger partial charge in [0, 0.05) is 28.7 Å². The molecular formula is C13H14N6O2. The fourth-order valence-electron chi connectivity index (χ4n) is 2.52. The number of nitrogens with zero attached hydrogens (tertiary/aromatic N) is 4. The van der Waals surface area contributed by atoms with E-state index in [-0.39, 0.29) is 17.5 Å². The summed E-state index contributed by atoms with van der Waals surface area (Å²) >= 11 is 0. The van der Waals surface area contributed by atoms with Crippen LogP contribution in [0.1, 0.15) is 31.3 Å². The Morgan fingerprint density at radius 3 is 2.71 bits per heavy atom. The number of tetrazole rings is 1. The Kier molecular flexibility index (Phi) is 3.13. The van der Waals surface area contributed by atoms with Gasteiger partial charge in [-0.1, -0.05) is 19.1 Å². The van der Waals surface area contributed by atoms with Gasteiger partial charge in [0.1, 0.15) is 0 Å². The van der Waals surface area contributed by atoms with Gasteiger partial charge in [-0.3, -0.25) is 10.1 Å². The summed E-state index contributed by atoms with van der Waals surface area (Å²) in [6.45, 7) is 4.13. The summed E-state index contributed by atoms with van der Waals surface area (Å²) in [5.74, 6) is 0.812. The molecule has 0 aliphatic carbocycles. The van der Waals surface area contributed by atoms with Crippen LogP contribution in [0, 0.1) is 16.0 Å². The number of nitrogens with one attached hydrogen (secondary N) is 2. The molecule has 108 valence electrons. The van der Waals surface area contributed by atoms with Crippen molar-refractivity contribution in [1.29, 1.82) is 0 Å². The summed E-state index contributed by atoms with van der Waals surface area (Å²) in [5, 5.41) is 25.8. The lowest BCUT2D eigenvalue weighted by Crippen LogP contribution is -2.11. The summed E-state index contributed by atoms with van der Waals surface area (Å²) in [5.41, 5.74) is 1.85. The highest BCUT2D eigenvalue weighted by atomic mass is 16.6. The Morgan fingerprint density at radius 2 is 2.10 bits per heavy atom. The summed E-state index contributed by atoms with van der Waals surface area (Å²) < 4.78 is 0. The Bertz CT molecular complexity index is 777. The number of rotatable bonds is 4. The Hall–Kier alpha value is -2.77. The molecule has 2 aromatic heterocycles. The summed E-state index contributed by atoms with van der Waals surface area (Å²) in [6, 6.07) is 6.66. The van der Waals surface area contributed by atoms with Gasteiger partial charge in [0.2, 0.25) is 0 Å². The molecule has 1 unspecified atom stereocenters. The Labute approximate surface area is 119 Å². The minimum Gasteiger partial charge on any atom is -0.358 e. The number of nitro benzene ring substituents is 1. The number of fused-ring (bicyclic) bond motifs is 1. The third-order valence-corrected chi connectivity index (χ3v) is 3.48. The average molecular weight is 286 g/mol. The van der Waals surface area contributed by atoms with E-state index in [1.54, 1.807) is 12.1 Å². The van der Waals surface area contributed by atoms with Gasteiger partial charge >= 0.3 is 0 Å². The van der Waals surface area contributed by atoms with Crippen LogP contribution in [0.15, 0.2) is 24.3 Å². The highest BCUT2D eigenvalue weighted by molar-refractivity contribution is 5.83. The van der Waals surface area contributed by atoms with Crippen molar-refractivity contribution in [1.82, 2.24) is 25.6 Å². The van der Waals surface area contributed by atoms with Crippen molar-refractivity contribution >= 4 is 16.6 Å². The minimum atomic E-state index is -0.398. The van der Waals surface area contributed by atoms with Crippen molar-refractivity contribution in [3.05, 3.63) is 45.9 Å². The molecule has 0 aliphatic rings. The number of aromatic amines is 2. The topological polar surface area (TPSA) is 113 Å². The number of non-ortho nitro benzene ring substituents is 1. The van der Waals surface area contributed by atoms with Crippen LogP contribution in [0.2, 0.25) is 0 Å². The third kappa shape index (κ3) is 2.35. The zero-order chi connectivity index (χ0) is 15.0. The second kappa shape index (κ2) is 4.97. The number of aromatic nitrogens is 5. The average Bonchev–Trinajstić information content (AvgIpc) is 3.06. The normalized spacial score (nSPS) is 12.9. The van der Waals surface area contributed by atoms with Crippen molar-refractivity contribution in [3.63, 3.8) is 0 Å². The lowest BCUT2D eigenvalue weighted by Gasteiger charge is -2.15. The highest BCUT2D eigenvalue weighted by Gasteiger charge is 2.24. The van der Waals surface area contributed by atoms with Gasteiger partial charge in [0.15, 0.2) is 5.82 Å². The summed E-state index contributed by atoms with van der Waals surface area (Å²) in [6.07, 6.45) is 0. The van der Waals surface area contributed by atoms with Crippen molar-refractivity contribution in [2.75, 3.05) is 0 Å². The molecule has 21 heavy (non-hydrogen) atoms. The number of benzene rings is 1. The molecule has 8 nitrogen and oxygen atoms in total. The fourth-order valence-corrected chi connectivity index (χ4v) is 2.52. The monoisotopic (exact) mass is 286 g/mol. The second-order valence-corrected chi connectivity index (χ2v) is 5.25. The molecule has 3 rings (SSSR count). The van der Waals surface area contributed by atoms with Crippen LogP contribution in [0.25, 0.3) is 10.9 Å². The summed E-state index contributed by atoms with van der Waals surface area (Å²) in [7, 11) is 0. The van der Waals surface area contributed by atoms with Gasteiger partial charge in [0.25, 0.3) is 5.69 Å². The molecule has 0 bridgehead atoms. The minimum absolute atomic E-state index is 0.0461. The van der Waals surface area contributed by atoms with Gasteiger partial charge in [0.05, 0.1) is 10.8 Å². The third-order valence-electron chi connectivity index (χ3n) is 3.48. The molecule has 1 aromatic carbocycles. The zero-order valence-corrected chi connectivity index (χ0v) is 11.6. The van der Waals surface area contributed by atoms with E-state index in [1.165, 1.54) is 6.07 Å². The smallest absolute Gasteiger partial charge is 0.270 e. The molecular weight excluding hydrogens is 272 g/mol. The SMILES string of the molecule is CC(C)C(c1nn[nH]n1)c1cc2cc([N+](=O)[O-])ccc2[nH]1. The van der Waals surface area contributed by atoms with Gasteiger partial charge in [-0.05, 0) is 18.1 Å². The van der Waals surface area contributed by atoms with E-state index in [2.05, 4.69) is 39.5 Å². The lowest BCUT2D eigenvalue weighted by atomic mass is 9.92. The number of H-pyrrole nitrogens is 2. The van der Waals surface area contributed by atoms with Crippen molar-refractivity contribution in [2.24, 2.45) is 5.92 Å². The van der Waals surface area contributed by atoms with Crippen LogP contribution in [0.3, 0.4) is 0 Å². The maximum absolute atomic E-state index is 10.8. The number of hydrogen-bond acceptors (Lipinski definition) is 5. The fraction of sp³-hybridized carbons (Fsp3) is 0.308. The predicted molar refractivity (Wildman–Crippen MR) is 75.8 cm³/mol. The number of hydrogen-bond donors (Lipinski definition) is 2. The quantitative estimate of drug-likeness (QED) is 0.564. The van der Waals surface area contributed by atoms with Gasteiger partial charge in [-0.2, -0.15) is 5.21 Å². The van der Waals surface area contributed by atoms with Gasteiger partial charge in [-0.15, -0.1) is 10.2 Å². The van der Waals surface area contributed by atoms with Crippen LogP contribution >= 0.6 is 0 Å². The standard InChI is InChI=1S/C13H14N6O2/c1-7(2)12(13-15-17-18-16-13)11-6-8-5-9(19(20)21)3-4-10(8)14-11/h3-7,12,14H,1-2H3,(H,15,16,17,18). The summed E-state index contributed by atoms with van der Waals surface area (Å²) in [4.78, 5) is 13.7. The molecule has 0 aliphatic heterocycles. The van der Waals surface area contributed by atoms with E-state index in [1.807, 2.05) is 6.07 Å². The van der Waals surface area contributed by atoms with Gasteiger partial charge in [-0.25, -0.2) is 0 Å². The van der Waals surface area contributed by atoms with E-state index >= 15 is 0 Å². The van der Waals surface area contributed by atoms with Crippen LogP contribution in [-0.4, -0.2) is 30.5 Å². The zero-order valence-electron chi connectivity index (χ0n) is 11.6. The second-order valence-electron chi connectivity index (χ2n) is 5.25. The van der Waals surface area contributed by atoms with Crippen LogP contribution in [0.4, 0.5) is 5.69 Å². The first-order valence-corrected chi connectivity index (χ1v) is 6.56. The molecule has 2 N–H and O–H groups in total. The van der Waals surface area contributed by atoms with Crippen LogP contribution in [0.5, 0.6) is 0 Å². The van der Waals surface area contributed by atoms with Gasteiger partial charge < -0.3 is 4.98 Å². The largest absolute Gasteiger partial charge is 0.358 e. The van der Waals surface area contributed by atoms with E-state index in [0.29, 0.717) is 5.82 Å². The van der Waals surface area contributed by atoms with Crippen molar-refractivity contribution < 1.29 is 4.92 Å².